The lowest BCUT2D eigenvalue weighted by molar-refractivity contribution is 0.0530. The Balaban J connectivity index is 1.69. The van der Waals surface area contributed by atoms with Crippen molar-refractivity contribution in [3.05, 3.63) is 46.5 Å². The Morgan fingerprint density at radius 3 is 2.68 bits per heavy atom. The van der Waals surface area contributed by atoms with E-state index in [4.69, 9.17) is 4.74 Å². The van der Waals surface area contributed by atoms with Crippen LogP contribution in [0.2, 0.25) is 0 Å². The molecule has 1 fully saturated rings. The Hall–Kier alpha value is -3.57. The summed E-state index contributed by atoms with van der Waals surface area (Å²) in [5, 5.41) is 22.9. The number of carbonyl (C=O) groups excluding carboxylic acids is 1. The number of aryl methyl sites for hydroxylation is 1. The summed E-state index contributed by atoms with van der Waals surface area (Å²) in [6.07, 6.45) is 1.14. The van der Waals surface area contributed by atoms with E-state index in [0.29, 0.717) is 33.8 Å². The Kier molecular flexibility index (Phi) is 7.03. The second kappa shape index (κ2) is 10.1. The number of nitrogens with zero attached hydrogens (tertiary/aromatic N) is 4. The average Bonchev–Trinajstić information content (AvgIpc) is 3.19. The van der Waals surface area contributed by atoms with Crippen molar-refractivity contribution in [2.75, 3.05) is 29.9 Å². The number of rotatable bonds is 7. The molecule has 34 heavy (non-hydrogen) atoms. The molecular weight excluding hydrogens is 458 g/mol. The summed E-state index contributed by atoms with van der Waals surface area (Å²) in [4.78, 5) is 39.4. The highest BCUT2D eigenvalue weighted by atomic mass is 32.1. The van der Waals surface area contributed by atoms with Gasteiger partial charge in [0.15, 0.2) is 5.13 Å². The molecule has 1 aliphatic rings. The van der Waals surface area contributed by atoms with E-state index in [0.717, 1.165) is 36.3 Å². The molecule has 11 heteroatoms. The molecule has 1 aromatic carbocycles. The van der Waals surface area contributed by atoms with Gasteiger partial charge in [-0.25, -0.2) is 19.6 Å². The maximum absolute atomic E-state index is 12.2. The lowest BCUT2D eigenvalue weighted by atomic mass is 10.1. The van der Waals surface area contributed by atoms with Gasteiger partial charge in [0.1, 0.15) is 10.7 Å². The van der Waals surface area contributed by atoms with Gasteiger partial charge in [0.05, 0.1) is 29.7 Å². The van der Waals surface area contributed by atoms with Gasteiger partial charge < -0.3 is 19.8 Å². The van der Waals surface area contributed by atoms with Crippen molar-refractivity contribution in [3.63, 3.8) is 0 Å². The number of aromatic carboxylic acids is 1. The van der Waals surface area contributed by atoms with Gasteiger partial charge in [0.2, 0.25) is 5.95 Å². The van der Waals surface area contributed by atoms with Crippen molar-refractivity contribution >= 4 is 40.2 Å². The molecule has 0 bridgehead atoms. The van der Waals surface area contributed by atoms with Crippen molar-refractivity contribution in [1.82, 2.24) is 15.0 Å². The summed E-state index contributed by atoms with van der Waals surface area (Å²) in [5.41, 5.74) is 2.03. The first-order valence-electron chi connectivity index (χ1n) is 10.9. The third-order valence-corrected chi connectivity index (χ3v) is 6.39. The third kappa shape index (κ3) is 5.32. The Morgan fingerprint density at radius 2 is 2.00 bits per heavy atom. The molecule has 178 valence electrons. The average molecular weight is 484 g/mol. The molecule has 0 unspecified atom stereocenters. The van der Waals surface area contributed by atoms with Crippen LogP contribution in [0.4, 0.5) is 16.9 Å². The molecular formula is C23H25N5O5S. The monoisotopic (exact) mass is 483 g/mol. The van der Waals surface area contributed by atoms with Crippen molar-refractivity contribution in [3.8, 4) is 11.3 Å². The lowest BCUT2D eigenvalue weighted by Gasteiger charge is -2.31. The molecule has 1 saturated heterocycles. The van der Waals surface area contributed by atoms with E-state index >= 15 is 0 Å². The van der Waals surface area contributed by atoms with E-state index in [1.54, 1.807) is 26.0 Å². The first-order valence-corrected chi connectivity index (χ1v) is 11.7. The van der Waals surface area contributed by atoms with Crippen LogP contribution in [-0.2, 0) is 4.74 Å². The zero-order chi connectivity index (χ0) is 24.2. The number of hydrogen-bond donors (Lipinski definition) is 3. The number of aliphatic hydroxyl groups is 1. The zero-order valence-corrected chi connectivity index (χ0v) is 19.6. The molecule has 1 atom stereocenters. The minimum atomic E-state index is -1.00. The summed E-state index contributed by atoms with van der Waals surface area (Å²) < 4.78 is 5.08. The van der Waals surface area contributed by atoms with Crippen LogP contribution in [0.25, 0.3) is 11.3 Å². The maximum atomic E-state index is 12.2. The first-order chi connectivity index (χ1) is 16.3. The predicted molar refractivity (Wildman–Crippen MR) is 128 cm³/mol. The lowest BCUT2D eigenvalue weighted by Crippen LogP contribution is -2.38. The highest BCUT2D eigenvalue weighted by Gasteiger charge is 2.22. The van der Waals surface area contributed by atoms with Crippen LogP contribution in [0.15, 0.2) is 30.3 Å². The van der Waals surface area contributed by atoms with Crippen LogP contribution in [0.3, 0.4) is 0 Å². The Morgan fingerprint density at radius 1 is 1.24 bits per heavy atom. The Labute approximate surface area is 200 Å². The van der Waals surface area contributed by atoms with E-state index in [1.807, 2.05) is 11.0 Å². The highest BCUT2D eigenvalue weighted by molar-refractivity contribution is 7.17. The van der Waals surface area contributed by atoms with Crippen LogP contribution in [0, 0.1) is 6.92 Å². The van der Waals surface area contributed by atoms with Crippen molar-refractivity contribution in [2.24, 2.45) is 0 Å². The van der Waals surface area contributed by atoms with Crippen LogP contribution in [0.1, 0.15) is 45.5 Å². The van der Waals surface area contributed by atoms with Gasteiger partial charge in [-0.2, -0.15) is 4.98 Å². The molecule has 0 saturated carbocycles. The molecule has 3 heterocycles. The van der Waals surface area contributed by atoms with Crippen molar-refractivity contribution < 1.29 is 24.5 Å². The molecule has 0 amide bonds. The number of thiazole rings is 1. The van der Waals surface area contributed by atoms with E-state index in [2.05, 4.69) is 20.3 Å². The number of carboxylic acid groups (broad SMARTS) is 1. The largest absolute Gasteiger partial charge is 0.478 e. The van der Waals surface area contributed by atoms with Crippen molar-refractivity contribution in [1.29, 1.82) is 0 Å². The van der Waals surface area contributed by atoms with E-state index < -0.39 is 18.0 Å². The fourth-order valence-corrected chi connectivity index (χ4v) is 4.53. The minimum Gasteiger partial charge on any atom is -0.478 e. The maximum Gasteiger partial charge on any atom is 0.350 e. The standard InChI is InChI=1S/C23H25N5O5S/c1-3-33-21(32)19-13(2)24-23(34-19)27-22-25-17(14-6-8-15(9-7-14)20(30)31)11-18(26-22)28-10-4-5-16(29)12-28/h6-9,11,16,29H,3-5,10,12H2,1-2H3,(H,30,31)(H,24,25,26,27)/t16-/m1/s1. The highest BCUT2D eigenvalue weighted by Crippen LogP contribution is 2.29. The molecule has 0 radical (unpaired) electrons. The number of benzene rings is 1. The van der Waals surface area contributed by atoms with Gasteiger partial charge in [-0.05, 0) is 38.8 Å². The smallest absolute Gasteiger partial charge is 0.350 e. The fraction of sp³-hybridized carbons (Fsp3) is 0.348. The topological polar surface area (TPSA) is 138 Å². The van der Waals surface area contributed by atoms with Gasteiger partial charge in [-0.3, -0.25) is 5.32 Å². The zero-order valence-electron chi connectivity index (χ0n) is 18.8. The summed E-state index contributed by atoms with van der Waals surface area (Å²) in [6, 6.07) is 8.24. The van der Waals surface area contributed by atoms with E-state index in [1.165, 1.54) is 12.1 Å². The van der Waals surface area contributed by atoms with Crippen LogP contribution >= 0.6 is 11.3 Å². The molecule has 0 spiro atoms. The number of aromatic nitrogens is 3. The summed E-state index contributed by atoms with van der Waals surface area (Å²) >= 11 is 1.16. The van der Waals surface area contributed by atoms with E-state index in [-0.39, 0.29) is 18.1 Å². The number of piperidine rings is 1. The molecule has 3 N–H and O–H groups in total. The SMILES string of the molecule is CCOC(=O)c1sc(Nc2nc(-c3ccc(C(=O)O)cc3)cc(N3CCC[C@@H](O)C3)n2)nc1C. The second-order valence-electron chi connectivity index (χ2n) is 7.84. The van der Waals surface area contributed by atoms with Gasteiger partial charge in [0, 0.05) is 24.7 Å². The van der Waals surface area contributed by atoms with Crippen LogP contribution in [-0.4, -0.2) is 62.9 Å². The van der Waals surface area contributed by atoms with Gasteiger partial charge in [0.25, 0.3) is 0 Å². The number of nitrogens with one attached hydrogen (secondary N) is 1. The quantitative estimate of drug-likeness (QED) is 0.428. The number of aliphatic hydroxyl groups excluding tert-OH is 1. The fourth-order valence-electron chi connectivity index (χ4n) is 3.68. The molecule has 1 aliphatic heterocycles. The number of carbonyl (C=O) groups is 2. The summed E-state index contributed by atoms with van der Waals surface area (Å²) in [5.74, 6) is -0.524. The predicted octanol–water partition coefficient (Wildman–Crippen LogP) is 3.49. The molecule has 4 rings (SSSR count). The van der Waals surface area contributed by atoms with Crippen LogP contribution in [0.5, 0.6) is 0 Å². The Bertz CT molecular complexity index is 1200. The molecule has 3 aromatic rings. The number of hydrogen-bond acceptors (Lipinski definition) is 10. The number of anilines is 3. The second-order valence-corrected chi connectivity index (χ2v) is 8.84. The minimum absolute atomic E-state index is 0.181. The third-order valence-electron chi connectivity index (χ3n) is 5.34. The number of β-amino-alcohol motifs (C(OH)–C–C–N with tert-alkyl or cyclic N) is 1. The molecule has 2 aromatic heterocycles. The van der Waals surface area contributed by atoms with Crippen LogP contribution < -0.4 is 10.2 Å². The van der Waals surface area contributed by atoms with Gasteiger partial charge >= 0.3 is 11.9 Å². The van der Waals surface area contributed by atoms with Gasteiger partial charge in [-0.15, -0.1) is 0 Å². The number of carboxylic acids is 1. The summed E-state index contributed by atoms with van der Waals surface area (Å²) in [7, 11) is 0. The molecule has 10 nitrogen and oxygen atoms in total. The first kappa shape index (κ1) is 23.6. The van der Waals surface area contributed by atoms with Crippen molar-refractivity contribution in [2.45, 2.75) is 32.8 Å². The molecule has 0 aliphatic carbocycles. The van der Waals surface area contributed by atoms with E-state index in [9.17, 15) is 19.8 Å². The van der Waals surface area contributed by atoms with Gasteiger partial charge in [-0.1, -0.05) is 23.5 Å². The normalized spacial score (nSPS) is 15.7. The summed E-state index contributed by atoms with van der Waals surface area (Å²) in [6.45, 7) is 4.95. The number of ether oxygens (including phenoxy) is 1. The number of esters is 1.